The summed E-state index contributed by atoms with van der Waals surface area (Å²) in [6.45, 7) is 2.84. The van der Waals surface area contributed by atoms with E-state index in [1.54, 1.807) is 0 Å². The summed E-state index contributed by atoms with van der Waals surface area (Å²) in [5.74, 6) is 0.959. The van der Waals surface area contributed by atoms with Crippen LogP contribution in [-0.4, -0.2) is 23.9 Å². The highest BCUT2D eigenvalue weighted by Gasteiger charge is 2.27. The van der Waals surface area contributed by atoms with Crippen LogP contribution >= 0.6 is 0 Å². The van der Waals surface area contributed by atoms with Gasteiger partial charge in [0.05, 0.1) is 6.10 Å². The molecule has 17 heavy (non-hydrogen) atoms. The minimum Gasteiger partial charge on any atom is -0.490 e. The molecule has 1 saturated heterocycles. The molecule has 1 fully saturated rings. The minimum atomic E-state index is -0.501. The van der Waals surface area contributed by atoms with E-state index in [-0.39, 0.29) is 12.2 Å². The van der Waals surface area contributed by atoms with Crippen molar-refractivity contribution in [1.29, 1.82) is 0 Å². The second kappa shape index (κ2) is 4.31. The van der Waals surface area contributed by atoms with E-state index >= 15 is 0 Å². The molecule has 1 N–H and O–H groups in total. The van der Waals surface area contributed by atoms with Crippen molar-refractivity contribution in [2.75, 3.05) is 6.61 Å². The fourth-order valence-corrected chi connectivity index (χ4v) is 2.69. The lowest BCUT2D eigenvalue weighted by Gasteiger charge is -2.18. The van der Waals surface area contributed by atoms with E-state index in [0.29, 0.717) is 0 Å². The topological polar surface area (TPSA) is 38.7 Å². The first-order chi connectivity index (χ1) is 8.24. The lowest BCUT2D eigenvalue weighted by molar-refractivity contribution is -0.00261. The highest BCUT2D eigenvalue weighted by Crippen LogP contribution is 2.33. The number of fused-ring (bicyclic) bond motifs is 1. The van der Waals surface area contributed by atoms with E-state index in [4.69, 9.17) is 9.47 Å². The smallest absolute Gasteiger partial charge is 0.123 e. The quantitative estimate of drug-likeness (QED) is 0.852. The Kier molecular flexibility index (Phi) is 2.81. The van der Waals surface area contributed by atoms with Gasteiger partial charge in [-0.15, -0.1) is 0 Å². The van der Waals surface area contributed by atoms with Crippen LogP contribution in [0.2, 0.25) is 0 Å². The Morgan fingerprint density at radius 2 is 2.29 bits per heavy atom. The lowest BCUT2D eigenvalue weighted by Crippen LogP contribution is -2.17. The summed E-state index contributed by atoms with van der Waals surface area (Å²) in [5, 5.41) is 10.3. The molecule has 0 bridgehead atoms. The van der Waals surface area contributed by atoms with Crippen molar-refractivity contribution in [3.05, 3.63) is 29.3 Å². The Bertz CT molecular complexity index is 410. The number of rotatable bonds is 2. The van der Waals surface area contributed by atoms with Crippen molar-refractivity contribution in [1.82, 2.24) is 0 Å². The van der Waals surface area contributed by atoms with Crippen LogP contribution in [0.5, 0.6) is 5.75 Å². The molecular weight excluding hydrogens is 216 g/mol. The third-order valence-corrected chi connectivity index (χ3v) is 3.58. The van der Waals surface area contributed by atoms with E-state index in [2.05, 4.69) is 13.0 Å². The van der Waals surface area contributed by atoms with Crippen LogP contribution in [0.3, 0.4) is 0 Å². The van der Waals surface area contributed by atoms with Crippen LogP contribution in [0.15, 0.2) is 18.2 Å². The molecule has 0 spiro atoms. The van der Waals surface area contributed by atoms with Gasteiger partial charge in [0.1, 0.15) is 18.0 Å². The van der Waals surface area contributed by atoms with Gasteiger partial charge >= 0.3 is 0 Å². The number of benzene rings is 1. The molecule has 1 aromatic rings. The molecule has 2 heterocycles. The summed E-state index contributed by atoms with van der Waals surface area (Å²) in [7, 11) is 0. The standard InChI is InChI=1S/C14H18O3/c1-9-7-11-8-10(4-5-12(11)17-9)14(15)13-3-2-6-16-13/h4-5,8-9,13-15H,2-3,6-7H2,1H3. The van der Waals surface area contributed by atoms with Crippen molar-refractivity contribution in [3.8, 4) is 5.75 Å². The third kappa shape index (κ3) is 2.05. The van der Waals surface area contributed by atoms with E-state index in [1.165, 1.54) is 5.56 Å². The van der Waals surface area contributed by atoms with Crippen molar-refractivity contribution in [2.24, 2.45) is 0 Å². The first kappa shape index (κ1) is 11.1. The number of ether oxygens (including phenoxy) is 2. The number of aliphatic hydroxyl groups is 1. The van der Waals surface area contributed by atoms with E-state index in [9.17, 15) is 5.11 Å². The fraction of sp³-hybridized carbons (Fsp3) is 0.571. The number of aliphatic hydroxyl groups excluding tert-OH is 1. The van der Waals surface area contributed by atoms with Gasteiger partial charge in [0.25, 0.3) is 0 Å². The molecular formula is C14H18O3. The van der Waals surface area contributed by atoms with Crippen molar-refractivity contribution >= 4 is 0 Å². The largest absolute Gasteiger partial charge is 0.490 e. The summed E-state index contributed by atoms with van der Waals surface area (Å²) in [6.07, 6.45) is 2.64. The molecule has 3 nitrogen and oxygen atoms in total. The molecule has 92 valence electrons. The second-order valence-electron chi connectivity index (χ2n) is 5.00. The molecule has 2 aliphatic rings. The first-order valence-electron chi connectivity index (χ1n) is 6.33. The second-order valence-corrected chi connectivity index (χ2v) is 5.00. The summed E-state index contributed by atoms with van der Waals surface area (Å²) in [6, 6.07) is 5.97. The maximum atomic E-state index is 10.3. The van der Waals surface area contributed by atoms with Crippen LogP contribution in [0.4, 0.5) is 0 Å². The molecule has 0 aliphatic carbocycles. The predicted molar refractivity (Wildman–Crippen MR) is 64.2 cm³/mol. The SMILES string of the molecule is CC1Cc2cc(C(O)C3CCCO3)ccc2O1. The van der Waals surface area contributed by atoms with Gasteiger partial charge in [0.2, 0.25) is 0 Å². The van der Waals surface area contributed by atoms with Crippen LogP contribution in [0, 0.1) is 0 Å². The summed E-state index contributed by atoms with van der Waals surface area (Å²) in [4.78, 5) is 0. The van der Waals surface area contributed by atoms with Gasteiger partial charge in [0, 0.05) is 13.0 Å². The molecule has 3 unspecified atom stereocenters. The maximum absolute atomic E-state index is 10.3. The first-order valence-corrected chi connectivity index (χ1v) is 6.33. The highest BCUT2D eigenvalue weighted by atomic mass is 16.5. The Hall–Kier alpha value is -1.06. The highest BCUT2D eigenvalue weighted by molar-refractivity contribution is 5.41. The van der Waals surface area contributed by atoms with Crippen molar-refractivity contribution in [2.45, 2.75) is 44.5 Å². The third-order valence-electron chi connectivity index (χ3n) is 3.58. The molecule has 0 amide bonds. The molecule has 0 saturated carbocycles. The minimum absolute atomic E-state index is 0.0344. The summed E-state index contributed by atoms with van der Waals surface area (Å²) < 4.78 is 11.2. The molecule has 3 rings (SSSR count). The normalized spacial score (nSPS) is 28.8. The fourth-order valence-electron chi connectivity index (χ4n) is 2.69. The zero-order valence-corrected chi connectivity index (χ0v) is 10.1. The van der Waals surface area contributed by atoms with Crippen molar-refractivity contribution in [3.63, 3.8) is 0 Å². The van der Waals surface area contributed by atoms with Crippen LogP contribution in [-0.2, 0) is 11.2 Å². The van der Waals surface area contributed by atoms with Gasteiger partial charge in [-0.05, 0) is 43.0 Å². The average Bonchev–Trinajstić information content (AvgIpc) is 2.94. The van der Waals surface area contributed by atoms with Crippen LogP contribution in [0.25, 0.3) is 0 Å². The molecule has 1 aromatic carbocycles. The van der Waals surface area contributed by atoms with Crippen LogP contribution < -0.4 is 4.74 Å². The monoisotopic (exact) mass is 234 g/mol. The van der Waals surface area contributed by atoms with E-state index < -0.39 is 6.10 Å². The lowest BCUT2D eigenvalue weighted by atomic mass is 9.99. The molecule has 3 atom stereocenters. The molecule has 3 heteroatoms. The number of hydrogen-bond donors (Lipinski definition) is 1. The van der Waals surface area contributed by atoms with Crippen LogP contribution in [0.1, 0.15) is 37.0 Å². The maximum Gasteiger partial charge on any atom is 0.123 e. The molecule has 2 aliphatic heterocycles. The van der Waals surface area contributed by atoms with Gasteiger partial charge in [-0.25, -0.2) is 0 Å². The van der Waals surface area contributed by atoms with Gasteiger partial charge in [-0.1, -0.05) is 6.07 Å². The Labute approximate surface area is 101 Å². The molecule has 0 aromatic heterocycles. The predicted octanol–water partition coefficient (Wildman–Crippen LogP) is 2.22. The Morgan fingerprint density at radius 1 is 1.41 bits per heavy atom. The number of hydrogen-bond acceptors (Lipinski definition) is 3. The zero-order chi connectivity index (χ0) is 11.8. The van der Waals surface area contributed by atoms with Gasteiger partial charge in [-0.3, -0.25) is 0 Å². The Balaban J connectivity index is 1.82. The Morgan fingerprint density at radius 3 is 3.06 bits per heavy atom. The van der Waals surface area contributed by atoms with Gasteiger partial charge < -0.3 is 14.6 Å². The average molecular weight is 234 g/mol. The van der Waals surface area contributed by atoms with Gasteiger partial charge in [-0.2, -0.15) is 0 Å². The van der Waals surface area contributed by atoms with E-state index in [0.717, 1.165) is 37.2 Å². The molecule has 0 radical (unpaired) electrons. The van der Waals surface area contributed by atoms with Gasteiger partial charge in [0.15, 0.2) is 0 Å². The zero-order valence-electron chi connectivity index (χ0n) is 10.1. The van der Waals surface area contributed by atoms with E-state index in [1.807, 2.05) is 12.1 Å². The summed E-state index contributed by atoms with van der Waals surface area (Å²) >= 11 is 0. The summed E-state index contributed by atoms with van der Waals surface area (Å²) in [5.41, 5.74) is 2.15. The van der Waals surface area contributed by atoms with Crippen molar-refractivity contribution < 1.29 is 14.6 Å².